The number of carbonyl (C=O) groups is 2. The molecule has 5 fully saturated rings. The second kappa shape index (κ2) is 9.07. The predicted octanol–water partition coefficient (Wildman–Crippen LogP) is 5.31. The van der Waals surface area contributed by atoms with E-state index in [4.69, 9.17) is 4.74 Å². The summed E-state index contributed by atoms with van der Waals surface area (Å²) >= 11 is 0. The molecule has 1 aromatic rings. The summed E-state index contributed by atoms with van der Waals surface area (Å²) in [7, 11) is 0. The van der Waals surface area contributed by atoms with Gasteiger partial charge in [0.15, 0.2) is 0 Å². The van der Waals surface area contributed by atoms with Crippen molar-refractivity contribution in [1.82, 2.24) is 5.32 Å². The minimum Gasteiger partial charge on any atom is -0.494 e. The zero-order valence-electron chi connectivity index (χ0n) is 19.4. The van der Waals surface area contributed by atoms with E-state index in [1.165, 1.54) is 25.7 Å². The molecule has 5 nitrogen and oxygen atoms in total. The van der Waals surface area contributed by atoms with Gasteiger partial charge in [-0.3, -0.25) is 9.59 Å². The smallest absolute Gasteiger partial charge is 0.247 e. The summed E-state index contributed by atoms with van der Waals surface area (Å²) in [5.41, 5.74) is 0.689. The minimum atomic E-state index is -0.433. The third-order valence-electron chi connectivity index (χ3n) is 8.66. The summed E-state index contributed by atoms with van der Waals surface area (Å²) in [6.45, 7) is 2.58. The molecule has 2 N–H and O–H groups in total. The molecule has 32 heavy (non-hydrogen) atoms. The van der Waals surface area contributed by atoms with E-state index in [-0.39, 0.29) is 23.1 Å². The lowest BCUT2D eigenvalue weighted by Gasteiger charge is -2.59. The van der Waals surface area contributed by atoms with E-state index < -0.39 is 6.04 Å². The van der Waals surface area contributed by atoms with E-state index in [9.17, 15) is 9.59 Å². The first kappa shape index (κ1) is 21.8. The molecule has 1 atom stereocenters. The lowest BCUT2D eigenvalue weighted by atomic mass is 9.47. The van der Waals surface area contributed by atoms with E-state index in [1.807, 2.05) is 31.2 Å². The predicted molar refractivity (Wildman–Crippen MR) is 125 cm³/mol. The number of hydrogen-bond donors (Lipinski definition) is 2. The molecule has 0 unspecified atom stereocenters. The quantitative estimate of drug-likeness (QED) is 0.607. The van der Waals surface area contributed by atoms with Crippen LogP contribution in [0.2, 0.25) is 0 Å². The number of benzene rings is 1. The molecule has 0 aliphatic heterocycles. The molecule has 1 aromatic carbocycles. The molecule has 0 radical (unpaired) electrons. The fraction of sp³-hybridized carbons (Fsp3) is 0.704. The Labute approximate surface area is 192 Å². The lowest BCUT2D eigenvalue weighted by molar-refractivity contribution is -0.139. The van der Waals surface area contributed by atoms with Crippen LogP contribution >= 0.6 is 0 Å². The zero-order valence-corrected chi connectivity index (χ0v) is 19.4. The summed E-state index contributed by atoms with van der Waals surface area (Å²) in [6.07, 6.45) is 12.6. The summed E-state index contributed by atoms with van der Waals surface area (Å²) in [5.74, 6) is 3.12. The van der Waals surface area contributed by atoms with E-state index in [2.05, 4.69) is 10.6 Å². The lowest BCUT2D eigenvalue weighted by Crippen LogP contribution is -2.61. The van der Waals surface area contributed by atoms with Gasteiger partial charge in [0.1, 0.15) is 11.8 Å². The Morgan fingerprint density at radius 2 is 1.56 bits per heavy atom. The molecule has 0 heterocycles. The molecular weight excluding hydrogens is 400 g/mol. The average molecular weight is 439 g/mol. The van der Waals surface area contributed by atoms with Crippen LogP contribution in [0.15, 0.2) is 24.3 Å². The van der Waals surface area contributed by atoms with Crippen molar-refractivity contribution in [2.45, 2.75) is 83.6 Å². The van der Waals surface area contributed by atoms with E-state index in [0.717, 1.165) is 74.1 Å². The SMILES string of the molecule is CCOc1ccc(NC(=O)[C@@H](NC(=O)C2CCCCC2)C23CC4CC(CC(C4)C2)C3)cc1. The van der Waals surface area contributed by atoms with Crippen LogP contribution in [0.4, 0.5) is 5.69 Å². The van der Waals surface area contributed by atoms with Gasteiger partial charge in [-0.1, -0.05) is 19.3 Å². The zero-order chi connectivity index (χ0) is 22.1. The van der Waals surface area contributed by atoms with Crippen molar-refractivity contribution in [2.75, 3.05) is 11.9 Å². The Morgan fingerprint density at radius 1 is 0.969 bits per heavy atom. The second-order valence-corrected chi connectivity index (χ2v) is 11.0. The normalized spacial score (nSPS) is 32.3. The Balaban J connectivity index is 1.36. The molecular formula is C27H38N2O3. The number of anilines is 1. The summed E-state index contributed by atoms with van der Waals surface area (Å²) in [6, 6.07) is 7.13. The first-order chi connectivity index (χ1) is 15.5. The Hall–Kier alpha value is -2.04. The maximum Gasteiger partial charge on any atom is 0.247 e. The molecule has 5 aliphatic rings. The third-order valence-corrected chi connectivity index (χ3v) is 8.66. The van der Waals surface area contributed by atoms with Gasteiger partial charge in [0.25, 0.3) is 0 Å². The monoisotopic (exact) mass is 438 g/mol. The highest BCUT2D eigenvalue weighted by Crippen LogP contribution is 2.61. The van der Waals surface area contributed by atoms with Crippen molar-refractivity contribution >= 4 is 17.5 Å². The maximum absolute atomic E-state index is 13.7. The average Bonchev–Trinajstić information content (AvgIpc) is 2.78. The minimum absolute atomic E-state index is 0.0414. The first-order valence-electron chi connectivity index (χ1n) is 12.9. The van der Waals surface area contributed by atoms with Crippen molar-refractivity contribution in [3.8, 4) is 5.75 Å². The fourth-order valence-corrected chi connectivity index (χ4v) is 7.67. The maximum atomic E-state index is 13.7. The number of amides is 2. The number of hydrogen-bond acceptors (Lipinski definition) is 3. The van der Waals surface area contributed by atoms with Crippen molar-refractivity contribution in [3.05, 3.63) is 24.3 Å². The number of rotatable bonds is 7. The van der Waals surface area contributed by atoms with Crippen LogP contribution in [-0.2, 0) is 9.59 Å². The highest BCUT2D eigenvalue weighted by Gasteiger charge is 2.56. The van der Waals surface area contributed by atoms with E-state index in [0.29, 0.717) is 6.61 Å². The number of ether oxygens (including phenoxy) is 1. The molecule has 174 valence electrons. The Morgan fingerprint density at radius 3 is 2.12 bits per heavy atom. The molecule has 6 rings (SSSR count). The molecule has 5 aliphatic carbocycles. The molecule has 4 bridgehead atoms. The second-order valence-electron chi connectivity index (χ2n) is 11.0. The van der Waals surface area contributed by atoms with Crippen molar-refractivity contribution in [2.24, 2.45) is 29.1 Å². The van der Waals surface area contributed by atoms with Gasteiger partial charge >= 0.3 is 0 Å². The summed E-state index contributed by atoms with van der Waals surface area (Å²) in [4.78, 5) is 27.0. The highest BCUT2D eigenvalue weighted by atomic mass is 16.5. The Kier molecular flexibility index (Phi) is 6.18. The van der Waals surface area contributed by atoms with Gasteiger partial charge in [-0.05, 0) is 100 Å². The van der Waals surface area contributed by atoms with Crippen LogP contribution < -0.4 is 15.4 Å². The third kappa shape index (κ3) is 4.40. The molecule has 0 aromatic heterocycles. The number of carbonyl (C=O) groups excluding carboxylic acids is 2. The van der Waals surface area contributed by atoms with Gasteiger partial charge in [-0.2, -0.15) is 0 Å². The standard InChI is InChI=1S/C27H38N2O3/c1-2-32-23-10-8-22(9-11-23)28-26(31)24(29-25(30)21-6-4-3-5-7-21)27-15-18-12-19(16-27)14-20(13-18)17-27/h8-11,18-21,24H,2-7,12-17H2,1H3,(H,28,31)(H,29,30)/t18?,19?,20?,24-,27?/m1/s1. The largest absolute Gasteiger partial charge is 0.494 e. The first-order valence-corrected chi connectivity index (χ1v) is 12.9. The van der Waals surface area contributed by atoms with Gasteiger partial charge in [0.05, 0.1) is 6.61 Å². The van der Waals surface area contributed by atoms with Crippen LogP contribution in [0.25, 0.3) is 0 Å². The van der Waals surface area contributed by atoms with Crippen LogP contribution in [0.3, 0.4) is 0 Å². The van der Waals surface area contributed by atoms with Crippen LogP contribution in [0.5, 0.6) is 5.75 Å². The van der Waals surface area contributed by atoms with Gasteiger partial charge in [0, 0.05) is 17.0 Å². The van der Waals surface area contributed by atoms with Gasteiger partial charge in [-0.25, -0.2) is 0 Å². The van der Waals surface area contributed by atoms with E-state index >= 15 is 0 Å². The Bertz CT molecular complexity index is 793. The summed E-state index contributed by atoms with van der Waals surface area (Å²) in [5, 5.41) is 6.46. The molecule has 0 saturated heterocycles. The molecule has 0 spiro atoms. The summed E-state index contributed by atoms with van der Waals surface area (Å²) < 4.78 is 5.53. The van der Waals surface area contributed by atoms with Crippen LogP contribution in [-0.4, -0.2) is 24.5 Å². The van der Waals surface area contributed by atoms with Gasteiger partial charge in [0.2, 0.25) is 11.8 Å². The molecule has 5 saturated carbocycles. The van der Waals surface area contributed by atoms with Gasteiger partial charge in [-0.15, -0.1) is 0 Å². The molecule has 2 amide bonds. The van der Waals surface area contributed by atoms with Crippen molar-refractivity contribution in [3.63, 3.8) is 0 Å². The van der Waals surface area contributed by atoms with Crippen molar-refractivity contribution in [1.29, 1.82) is 0 Å². The fourth-order valence-electron chi connectivity index (χ4n) is 7.67. The van der Waals surface area contributed by atoms with E-state index in [1.54, 1.807) is 0 Å². The number of nitrogens with one attached hydrogen (secondary N) is 2. The van der Waals surface area contributed by atoms with Crippen LogP contribution in [0, 0.1) is 29.1 Å². The highest BCUT2D eigenvalue weighted by molar-refractivity contribution is 5.98. The molecule has 5 heteroatoms. The van der Waals surface area contributed by atoms with Gasteiger partial charge < -0.3 is 15.4 Å². The van der Waals surface area contributed by atoms with Crippen molar-refractivity contribution < 1.29 is 14.3 Å². The topological polar surface area (TPSA) is 67.4 Å². The van der Waals surface area contributed by atoms with Crippen LogP contribution in [0.1, 0.15) is 77.6 Å².